The zero-order valence-electron chi connectivity index (χ0n) is 7.52. The highest BCUT2D eigenvalue weighted by Gasteiger charge is 2.31. The zero-order valence-corrected chi connectivity index (χ0v) is 7.52. The van der Waals surface area contributed by atoms with Crippen molar-refractivity contribution in [2.24, 2.45) is 0 Å². The molecule has 1 atom stereocenters. The van der Waals surface area contributed by atoms with E-state index < -0.39 is 18.9 Å². The molecule has 1 unspecified atom stereocenters. The lowest BCUT2D eigenvalue weighted by Crippen LogP contribution is -2.24. The summed E-state index contributed by atoms with van der Waals surface area (Å²) in [7, 11) is 0. The summed E-state index contributed by atoms with van der Waals surface area (Å²) in [6.07, 6.45) is -1.10. The number of hydrogen-bond acceptors (Lipinski definition) is 2. The SMILES string of the molecule is O=C1OC(CF)CN1c1ccccc1. The predicted molar refractivity (Wildman–Crippen MR) is 50.0 cm³/mol. The first-order valence-electron chi connectivity index (χ1n) is 4.40. The monoisotopic (exact) mass is 195 g/mol. The molecule has 1 fully saturated rings. The summed E-state index contributed by atoms with van der Waals surface area (Å²) in [5.41, 5.74) is 0.744. The number of alkyl halides is 1. The number of hydrogen-bond donors (Lipinski definition) is 0. The molecule has 3 nitrogen and oxygen atoms in total. The van der Waals surface area contributed by atoms with Crippen LogP contribution in [0, 0.1) is 0 Å². The quantitative estimate of drug-likeness (QED) is 0.722. The average Bonchev–Trinajstić information content (AvgIpc) is 2.61. The van der Waals surface area contributed by atoms with Crippen LogP contribution in [-0.2, 0) is 4.74 Å². The standard InChI is InChI=1S/C10H10FNO2/c11-6-9-7-12(10(13)14-9)8-4-2-1-3-5-8/h1-5,9H,6-7H2. The number of para-hydroxylation sites is 1. The van der Waals surface area contributed by atoms with E-state index >= 15 is 0 Å². The first-order chi connectivity index (χ1) is 6.81. The van der Waals surface area contributed by atoms with Gasteiger partial charge in [-0.05, 0) is 12.1 Å². The third-order valence-electron chi connectivity index (χ3n) is 2.11. The molecule has 14 heavy (non-hydrogen) atoms. The van der Waals surface area contributed by atoms with E-state index in [4.69, 9.17) is 4.74 Å². The van der Waals surface area contributed by atoms with Crippen molar-refractivity contribution >= 4 is 11.8 Å². The molecule has 1 amide bonds. The first-order valence-corrected chi connectivity index (χ1v) is 4.40. The summed E-state index contributed by atoms with van der Waals surface area (Å²) in [4.78, 5) is 12.7. The van der Waals surface area contributed by atoms with Crippen molar-refractivity contribution in [1.29, 1.82) is 0 Å². The van der Waals surface area contributed by atoms with Crippen LogP contribution in [-0.4, -0.2) is 25.4 Å². The highest BCUT2D eigenvalue weighted by atomic mass is 19.1. The molecule has 1 heterocycles. The number of carbonyl (C=O) groups excluding carboxylic acids is 1. The summed E-state index contributed by atoms with van der Waals surface area (Å²) in [5, 5.41) is 0. The summed E-state index contributed by atoms with van der Waals surface area (Å²) in [6, 6.07) is 9.10. The number of nitrogens with zero attached hydrogens (tertiary/aromatic N) is 1. The molecular formula is C10H10FNO2. The van der Waals surface area contributed by atoms with Crippen LogP contribution in [0.2, 0.25) is 0 Å². The fraction of sp³-hybridized carbons (Fsp3) is 0.300. The van der Waals surface area contributed by atoms with Crippen LogP contribution in [0.3, 0.4) is 0 Å². The minimum atomic E-state index is -0.630. The second kappa shape index (κ2) is 3.65. The van der Waals surface area contributed by atoms with Crippen LogP contribution >= 0.6 is 0 Å². The maximum Gasteiger partial charge on any atom is 0.414 e. The van der Waals surface area contributed by atoms with Gasteiger partial charge in [0.15, 0.2) is 0 Å². The second-order valence-electron chi connectivity index (χ2n) is 3.11. The van der Waals surface area contributed by atoms with Gasteiger partial charge in [-0.1, -0.05) is 18.2 Å². The van der Waals surface area contributed by atoms with Crippen molar-refractivity contribution in [3.8, 4) is 0 Å². The van der Waals surface area contributed by atoms with E-state index in [-0.39, 0.29) is 0 Å². The second-order valence-corrected chi connectivity index (χ2v) is 3.11. The molecule has 1 aliphatic rings. The molecule has 0 saturated carbocycles. The van der Waals surface area contributed by atoms with Crippen molar-refractivity contribution in [1.82, 2.24) is 0 Å². The van der Waals surface area contributed by atoms with E-state index in [1.54, 1.807) is 12.1 Å². The highest BCUT2D eigenvalue weighted by molar-refractivity contribution is 5.89. The largest absolute Gasteiger partial charge is 0.441 e. The molecule has 0 aromatic heterocycles. The maximum atomic E-state index is 12.3. The Morgan fingerprint density at radius 1 is 1.43 bits per heavy atom. The lowest BCUT2D eigenvalue weighted by atomic mass is 10.3. The zero-order chi connectivity index (χ0) is 9.97. The van der Waals surface area contributed by atoms with Crippen LogP contribution in [0.4, 0.5) is 14.9 Å². The van der Waals surface area contributed by atoms with Crippen molar-refractivity contribution in [3.63, 3.8) is 0 Å². The van der Waals surface area contributed by atoms with Gasteiger partial charge in [-0.3, -0.25) is 4.90 Å². The molecule has 74 valence electrons. The normalized spacial score (nSPS) is 21.1. The Kier molecular flexibility index (Phi) is 2.35. The molecule has 0 spiro atoms. The maximum absolute atomic E-state index is 12.3. The van der Waals surface area contributed by atoms with Crippen LogP contribution < -0.4 is 4.90 Å². The Hall–Kier alpha value is -1.58. The van der Waals surface area contributed by atoms with Gasteiger partial charge in [0.1, 0.15) is 12.8 Å². The van der Waals surface area contributed by atoms with E-state index in [1.807, 2.05) is 18.2 Å². The van der Waals surface area contributed by atoms with E-state index in [2.05, 4.69) is 0 Å². The molecule has 4 heteroatoms. The minimum absolute atomic E-state index is 0.291. The third-order valence-corrected chi connectivity index (χ3v) is 2.11. The van der Waals surface area contributed by atoms with E-state index in [1.165, 1.54) is 4.90 Å². The Morgan fingerprint density at radius 3 is 2.71 bits per heavy atom. The van der Waals surface area contributed by atoms with Crippen molar-refractivity contribution < 1.29 is 13.9 Å². The molecule has 1 aliphatic heterocycles. The minimum Gasteiger partial charge on any atom is -0.441 e. The Bertz CT molecular complexity index is 328. The third kappa shape index (κ3) is 1.55. The number of rotatable bonds is 2. The van der Waals surface area contributed by atoms with Gasteiger partial charge in [0.2, 0.25) is 0 Å². The molecule has 0 radical (unpaired) electrons. The van der Waals surface area contributed by atoms with Gasteiger partial charge < -0.3 is 4.74 Å². The van der Waals surface area contributed by atoms with Gasteiger partial charge in [0, 0.05) is 5.69 Å². The molecule has 1 aromatic rings. The van der Waals surface area contributed by atoms with Crippen molar-refractivity contribution in [3.05, 3.63) is 30.3 Å². The summed E-state index contributed by atoms with van der Waals surface area (Å²) >= 11 is 0. The van der Waals surface area contributed by atoms with Gasteiger partial charge in [-0.2, -0.15) is 0 Å². The highest BCUT2D eigenvalue weighted by Crippen LogP contribution is 2.20. The van der Waals surface area contributed by atoms with E-state index in [9.17, 15) is 9.18 Å². The van der Waals surface area contributed by atoms with Gasteiger partial charge in [-0.25, -0.2) is 9.18 Å². The summed E-state index contributed by atoms with van der Waals surface area (Å²) < 4.78 is 17.0. The Labute approximate surface area is 81.1 Å². The smallest absolute Gasteiger partial charge is 0.414 e. The number of benzene rings is 1. The number of amides is 1. The Morgan fingerprint density at radius 2 is 2.14 bits per heavy atom. The summed E-state index contributed by atoms with van der Waals surface area (Å²) in [5.74, 6) is 0. The molecular weight excluding hydrogens is 185 g/mol. The van der Waals surface area contributed by atoms with Crippen LogP contribution in [0.15, 0.2) is 30.3 Å². The van der Waals surface area contributed by atoms with Gasteiger partial charge in [0.05, 0.1) is 6.54 Å². The molecule has 0 bridgehead atoms. The lowest BCUT2D eigenvalue weighted by Gasteiger charge is -2.11. The van der Waals surface area contributed by atoms with Crippen LogP contribution in [0.5, 0.6) is 0 Å². The molecule has 1 aromatic carbocycles. The molecule has 1 saturated heterocycles. The first kappa shape index (κ1) is 8.99. The average molecular weight is 195 g/mol. The van der Waals surface area contributed by atoms with Gasteiger partial charge in [-0.15, -0.1) is 0 Å². The summed E-state index contributed by atoms with van der Waals surface area (Å²) in [6.45, 7) is -0.339. The van der Waals surface area contributed by atoms with Crippen molar-refractivity contribution in [2.75, 3.05) is 18.1 Å². The fourth-order valence-electron chi connectivity index (χ4n) is 1.42. The predicted octanol–water partition coefficient (Wildman–Crippen LogP) is 1.98. The van der Waals surface area contributed by atoms with Crippen LogP contribution in [0.25, 0.3) is 0 Å². The molecule has 0 aliphatic carbocycles. The van der Waals surface area contributed by atoms with Crippen molar-refractivity contribution in [2.45, 2.75) is 6.10 Å². The fourth-order valence-corrected chi connectivity index (χ4v) is 1.42. The van der Waals surface area contributed by atoms with Gasteiger partial charge in [0.25, 0.3) is 0 Å². The number of anilines is 1. The number of ether oxygens (including phenoxy) is 1. The number of halogens is 1. The van der Waals surface area contributed by atoms with Crippen LogP contribution in [0.1, 0.15) is 0 Å². The lowest BCUT2D eigenvalue weighted by molar-refractivity contribution is 0.124. The Balaban J connectivity index is 2.17. The molecule has 0 N–H and O–H groups in total. The van der Waals surface area contributed by atoms with E-state index in [0.717, 1.165) is 5.69 Å². The van der Waals surface area contributed by atoms with E-state index in [0.29, 0.717) is 6.54 Å². The molecule has 2 rings (SSSR count). The topological polar surface area (TPSA) is 29.5 Å². The number of carbonyl (C=O) groups is 1. The van der Waals surface area contributed by atoms with Gasteiger partial charge >= 0.3 is 6.09 Å². The number of cyclic esters (lactones) is 1.